The van der Waals surface area contributed by atoms with Gasteiger partial charge in [0.1, 0.15) is 11.2 Å². The molecule has 0 aliphatic heterocycles. The molecule has 0 aliphatic carbocycles. The van der Waals surface area contributed by atoms with Crippen LogP contribution in [0.1, 0.15) is 11.1 Å². The second-order valence-corrected chi connectivity index (χ2v) is 9.41. The van der Waals surface area contributed by atoms with E-state index in [9.17, 15) is 0 Å². The minimum atomic E-state index is 0.678. The Balaban J connectivity index is 1.54. The Kier molecular flexibility index (Phi) is 5.59. The van der Waals surface area contributed by atoms with Gasteiger partial charge in [-0.25, -0.2) is 0 Å². The van der Waals surface area contributed by atoms with Crippen LogP contribution in [0.4, 0.5) is 0 Å². The molecule has 4 aromatic carbocycles. The van der Waals surface area contributed by atoms with E-state index in [1.165, 1.54) is 11.1 Å². The molecular formula is C31H22ClN3O. The van der Waals surface area contributed by atoms with Gasteiger partial charge in [0.2, 0.25) is 0 Å². The zero-order valence-electron chi connectivity index (χ0n) is 19.9. The van der Waals surface area contributed by atoms with Gasteiger partial charge in [-0.3, -0.25) is 0 Å². The number of halogens is 1. The molecule has 0 unspecified atom stereocenters. The summed E-state index contributed by atoms with van der Waals surface area (Å²) in [6.45, 7) is 4.16. The summed E-state index contributed by atoms with van der Waals surface area (Å²) < 4.78 is 5.74. The average Bonchev–Trinajstić information content (AvgIpc) is 3.33. The summed E-state index contributed by atoms with van der Waals surface area (Å²) in [5.74, 6) is 0.709. The van der Waals surface area contributed by atoms with Crippen LogP contribution < -0.4 is 0 Å². The number of hydrogen-bond acceptors (Lipinski definition) is 4. The second-order valence-electron chi connectivity index (χ2n) is 8.97. The normalized spacial score (nSPS) is 11.2. The Morgan fingerprint density at radius 2 is 1.22 bits per heavy atom. The van der Waals surface area contributed by atoms with Crippen LogP contribution in [0.3, 0.4) is 0 Å². The SMILES string of the molecule is Cc1ccc(-c2cc(-c3ccc4noc(-c5ccc(Cl)cc5)c4c3)c(-c3ccc(C)cc3)nn2)cc1. The van der Waals surface area contributed by atoms with Crippen molar-refractivity contribution in [1.29, 1.82) is 0 Å². The zero-order chi connectivity index (χ0) is 24.6. The molecule has 0 fully saturated rings. The van der Waals surface area contributed by atoms with Crippen LogP contribution >= 0.6 is 11.6 Å². The van der Waals surface area contributed by atoms with Crippen molar-refractivity contribution in [3.05, 3.63) is 113 Å². The largest absolute Gasteiger partial charge is 0.355 e. The predicted octanol–water partition coefficient (Wildman–Crippen LogP) is 8.56. The molecule has 0 radical (unpaired) electrons. The third-order valence-electron chi connectivity index (χ3n) is 6.36. The lowest BCUT2D eigenvalue weighted by molar-refractivity contribution is 0.441. The van der Waals surface area contributed by atoms with Gasteiger partial charge in [0, 0.05) is 27.3 Å². The highest BCUT2D eigenvalue weighted by Crippen LogP contribution is 2.37. The quantitative estimate of drug-likeness (QED) is 0.250. The number of rotatable bonds is 4. The summed E-state index contributed by atoms with van der Waals surface area (Å²) in [6.07, 6.45) is 0. The van der Waals surface area contributed by atoms with E-state index < -0.39 is 0 Å². The summed E-state index contributed by atoms with van der Waals surface area (Å²) in [4.78, 5) is 0. The molecule has 0 bridgehead atoms. The number of nitrogens with zero attached hydrogens (tertiary/aromatic N) is 3. The fourth-order valence-electron chi connectivity index (χ4n) is 4.32. The maximum absolute atomic E-state index is 6.10. The lowest BCUT2D eigenvalue weighted by atomic mass is 9.96. The monoisotopic (exact) mass is 487 g/mol. The first-order valence-electron chi connectivity index (χ1n) is 11.7. The first kappa shape index (κ1) is 22.2. The molecule has 6 aromatic rings. The number of fused-ring (bicyclic) bond motifs is 1. The number of aromatic nitrogens is 3. The van der Waals surface area contributed by atoms with Gasteiger partial charge in [0.25, 0.3) is 0 Å². The summed E-state index contributed by atoms with van der Waals surface area (Å²) >= 11 is 6.10. The van der Waals surface area contributed by atoms with E-state index in [0.717, 1.165) is 50.1 Å². The standard InChI is InChI=1S/C31H22ClN3O/c1-19-3-7-21(8-4-19)29-18-26(30(34-33-29)22-9-5-20(2)6-10-22)24-13-16-28-27(17-24)31(36-35-28)23-11-14-25(32)15-12-23/h3-18H,1-2H3. The first-order valence-corrected chi connectivity index (χ1v) is 12.1. The lowest BCUT2D eigenvalue weighted by Gasteiger charge is -2.12. The van der Waals surface area contributed by atoms with E-state index in [1.54, 1.807) is 0 Å². The van der Waals surface area contributed by atoms with E-state index in [-0.39, 0.29) is 0 Å². The Hall–Kier alpha value is -4.28. The van der Waals surface area contributed by atoms with Crippen molar-refractivity contribution in [2.45, 2.75) is 13.8 Å². The third kappa shape index (κ3) is 4.16. The molecule has 0 aliphatic rings. The van der Waals surface area contributed by atoms with Crippen LogP contribution in [-0.4, -0.2) is 15.4 Å². The van der Waals surface area contributed by atoms with Crippen LogP contribution in [0.25, 0.3) is 55.9 Å². The van der Waals surface area contributed by atoms with E-state index in [2.05, 4.69) is 90.8 Å². The fourth-order valence-corrected chi connectivity index (χ4v) is 4.45. The number of hydrogen-bond donors (Lipinski definition) is 0. The van der Waals surface area contributed by atoms with E-state index in [4.69, 9.17) is 21.2 Å². The van der Waals surface area contributed by atoms with Crippen molar-refractivity contribution in [3.63, 3.8) is 0 Å². The van der Waals surface area contributed by atoms with Gasteiger partial charge in [-0.1, -0.05) is 82.5 Å². The molecule has 5 heteroatoms. The van der Waals surface area contributed by atoms with Crippen molar-refractivity contribution in [1.82, 2.24) is 15.4 Å². The summed E-state index contributed by atoms with van der Waals surface area (Å²) in [6, 6.07) is 32.6. The molecule has 2 heterocycles. The highest BCUT2D eigenvalue weighted by Gasteiger charge is 2.17. The van der Waals surface area contributed by atoms with Gasteiger partial charge in [0.05, 0.1) is 11.1 Å². The molecule has 0 spiro atoms. The van der Waals surface area contributed by atoms with Crippen LogP contribution in [0.5, 0.6) is 0 Å². The van der Waals surface area contributed by atoms with Crippen LogP contribution in [-0.2, 0) is 0 Å². The molecule has 0 atom stereocenters. The van der Waals surface area contributed by atoms with Gasteiger partial charge >= 0.3 is 0 Å². The van der Waals surface area contributed by atoms with Crippen molar-refractivity contribution in [3.8, 4) is 45.0 Å². The Morgan fingerprint density at radius 1 is 0.611 bits per heavy atom. The molecule has 0 saturated carbocycles. The second kappa shape index (κ2) is 9.06. The minimum Gasteiger partial charge on any atom is -0.355 e. The number of benzene rings is 4. The van der Waals surface area contributed by atoms with Crippen molar-refractivity contribution < 1.29 is 4.52 Å². The van der Waals surface area contributed by atoms with Gasteiger partial charge in [-0.15, -0.1) is 10.2 Å². The van der Waals surface area contributed by atoms with E-state index in [0.29, 0.717) is 10.8 Å². The van der Waals surface area contributed by atoms with Crippen LogP contribution in [0.2, 0.25) is 5.02 Å². The molecule has 0 amide bonds. The van der Waals surface area contributed by atoms with Crippen molar-refractivity contribution >= 4 is 22.5 Å². The molecule has 36 heavy (non-hydrogen) atoms. The molecular weight excluding hydrogens is 466 g/mol. The maximum Gasteiger partial charge on any atom is 0.174 e. The van der Waals surface area contributed by atoms with Crippen LogP contribution in [0, 0.1) is 13.8 Å². The average molecular weight is 488 g/mol. The Morgan fingerprint density at radius 3 is 1.92 bits per heavy atom. The Bertz CT molecular complexity index is 1690. The van der Waals surface area contributed by atoms with Gasteiger partial charge in [0.15, 0.2) is 5.76 Å². The lowest BCUT2D eigenvalue weighted by Crippen LogP contribution is -1.96. The number of aryl methyl sites for hydroxylation is 2. The first-order chi connectivity index (χ1) is 17.5. The Labute approximate surface area is 214 Å². The highest BCUT2D eigenvalue weighted by atomic mass is 35.5. The van der Waals surface area contributed by atoms with E-state index >= 15 is 0 Å². The molecule has 6 rings (SSSR count). The van der Waals surface area contributed by atoms with Gasteiger partial charge in [-0.05, 0) is 61.9 Å². The highest BCUT2D eigenvalue weighted by molar-refractivity contribution is 6.30. The van der Waals surface area contributed by atoms with Gasteiger partial charge in [-0.2, -0.15) is 0 Å². The molecule has 4 nitrogen and oxygen atoms in total. The van der Waals surface area contributed by atoms with Crippen molar-refractivity contribution in [2.24, 2.45) is 0 Å². The van der Waals surface area contributed by atoms with Crippen LogP contribution in [0.15, 0.2) is 102 Å². The summed E-state index contributed by atoms with van der Waals surface area (Å²) in [7, 11) is 0. The molecule has 174 valence electrons. The topological polar surface area (TPSA) is 51.8 Å². The predicted molar refractivity (Wildman–Crippen MR) is 146 cm³/mol. The van der Waals surface area contributed by atoms with Gasteiger partial charge < -0.3 is 4.52 Å². The third-order valence-corrected chi connectivity index (χ3v) is 6.61. The summed E-state index contributed by atoms with van der Waals surface area (Å²) in [5.41, 5.74) is 9.82. The van der Waals surface area contributed by atoms with E-state index in [1.807, 2.05) is 30.3 Å². The smallest absolute Gasteiger partial charge is 0.174 e. The minimum absolute atomic E-state index is 0.678. The maximum atomic E-state index is 6.10. The summed E-state index contributed by atoms with van der Waals surface area (Å²) in [5, 5.41) is 15.2. The zero-order valence-corrected chi connectivity index (χ0v) is 20.6. The molecule has 2 aromatic heterocycles. The van der Waals surface area contributed by atoms with Crippen molar-refractivity contribution in [2.75, 3.05) is 0 Å². The molecule has 0 N–H and O–H groups in total. The fraction of sp³-hybridized carbons (Fsp3) is 0.0645. The molecule has 0 saturated heterocycles.